The highest BCUT2D eigenvalue weighted by molar-refractivity contribution is 5.97. The van der Waals surface area contributed by atoms with Crippen molar-refractivity contribution >= 4 is 23.5 Å². The molecule has 6 heteroatoms. The van der Waals surface area contributed by atoms with Crippen molar-refractivity contribution in [2.45, 2.75) is 39.2 Å². The summed E-state index contributed by atoms with van der Waals surface area (Å²) in [5.41, 5.74) is 4.29. The average Bonchev–Trinajstić information content (AvgIpc) is 2.67. The summed E-state index contributed by atoms with van der Waals surface area (Å²) in [7, 11) is 0. The lowest BCUT2D eigenvalue weighted by molar-refractivity contribution is -0.142. The second-order valence-corrected chi connectivity index (χ2v) is 7.05. The fourth-order valence-electron chi connectivity index (χ4n) is 3.55. The van der Waals surface area contributed by atoms with Gasteiger partial charge in [-0.25, -0.2) is 4.79 Å². The maximum atomic E-state index is 12.5. The van der Waals surface area contributed by atoms with Gasteiger partial charge >= 0.3 is 5.97 Å². The number of carbonyl (C=O) groups excluding carboxylic acids is 2. The Morgan fingerprint density at radius 2 is 1.86 bits per heavy atom. The lowest BCUT2D eigenvalue weighted by Crippen LogP contribution is -2.40. The van der Waals surface area contributed by atoms with Crippen LogP contribution in [0.15, 0.2) is 42.5 Å². The van der Waals surface area contributed by atoms with Crippen molar-refractivity contribution in [2.24, 2.45) is 0 Å². The van der Waals surface area contributed by atoms with Gasteiger partial charge in [0.05, 0.1) is 0 Å². The van der Waals surface area contributed by atoms with E-state index >= 15 is 0 Å². The minimum Gasteiger partial charge on any atom is -0.479 e. The Morgan fingerprint density at radius 3 is 2.61 bits per heavy atom. The van der Waals surface area contributed by atoms with Crippen LogP contribution in [-0.2, 0) is 20.8 Å². The number of nitrogens with zero attached hydrogens (tertiary/aromatic N) is 1. The molecule has 0 spiro atoms. The van der Waals surface area contributed by atoms with Crippen molar-refractivity contribution < 1.29 is 19.5 Å². The third-order valence-electron chi connectivity index (χ3n) is 5.26. The second-order valence-electron chi connectivity index (χ2n) is 7.05. The first-order valence-corrected chi connectivity index (χ1v) is 9.35. The quantitative estimate of drug-likeness (QED) is 0.807. The molecular weight excluding hydrogens is 356 g/mol. The normalized spacial score (nSPS) is 14.4. The van der Waals surface area contributed by atoms with E-state index in [-0.39, 0.29) is 18.9 Å². The van der Waals surface area contributed by atoms with Crippen molar-refractivity contribution in [3.63, 3.8) is 0 Å². The number of rotatable bonds is 6. The summed E-state index contributed by atoms with van der Waals surface area (Å²) in [4.78, 5) is 38.1. The monoisotopic (exact) mass is 380 g/mol. The molecule has 1 heterocycles. The molecule has 146 valence electrons. The molecule has 2 amide bonds. The molecule has 0 saturated carbocycles. The van der Waals surface area contributed by atoms with E-state index in [4.69, 9.17) is 0 Å². The average molecular weight is 380 g/mol. The molecule has 1 unspecified atom stereocenters. The second kappa shape index (κ2) is 8.25. The van der Waals surface area contributed by atoms with Crippen molar-refractivity contribution in [1.82, 2.24) is 5.32 Å². The van der Waals surface area contributed by atoms with E-state index in [2.05, 4.69) is 5.32 Å². The van der Waals surface area contributed by atoms with Gasteiger partial charge in [0, 0.05) is 25.1 Å². The molecule has 1 atom stereocenters. The summed E-state index contributed by atoms with van der Waals surface area (Å²) >= 11 is 0. The number of amides is 2. The van der Waals surface area contributed by atoms with Crippen LogP contribution >= 0.6 is 0 Å². The first-order valence-electron chi connectivity index (χ1n) is 9.35. The number of hydrogen-bond donors (Lipinski definition) is 2. The molecule has 0 saturated heterocycles. The summed E-state index contributed by atoms with van der Waals surface area (Å²) in [6.07, 6.45) is 1.15. The summed E-state index contributed by atoms with van der Waals surface area (Å²) < 4.78 is 0. The third-order valence-corrected chi connectivity index (χ3v) is 5.26. The summed E-state index contributed by atoms with van der Waals surface area (Å²) in [6, 6.07) is 11.9. The van der Waals surface area contributed by atoms with Crippen LogP contribution in [0.3, 0.4) is 0 Å². The Kier molecular flexibility index (Phi) is 5.78. The number of carboxylic acids is 1. The van der Waals surface area contributed by atoms with E-state index in [0.29, 0.717) is 18.4 Å². The van der Waals surface area contributed by atoms with Crippen LogP contribution in [0.4, 0.5) is 5.69 Å². The number of carbonyl (C=O) groups is 3. The Labute approximate surface area is 164 Å². The third kappa shape index (κ3) is 4.06. The fourth-order valence-corrected chi connectivity index (χ4v) is 3.55. The molecular formula is C22H24N2O4. The summed E-state index contributed by atoms with van der Waals surface area (Å²) in [6.45, 7) is 3.97. The van der Waals surface area contributed by atoms with Crippen molar-refractivity contribution in [3.8, 4) is 0 Å². The number of para-hydroxylation sites is 1. The summed E-state index contributed by atoms with van der Waals surface area (Å²) in [5, 5.41) is 12.2. The molecule has 2 aromatic rings. The van der Waals surface area contributed by atoms with Gasteiger partial charge in [-0.15, -0.1) is 0 Å². The van der Waals surface area contributed by atoms with Gasteiger partial charge in [-0.05, 0) is 48.6 Å². The van der Waals surface area contributed by atoms with Crippen molar-refractivity contribution in [3.05, 3.63) is 64.7 Å². The molecule has 0 fully saturated rings. The van der Waals surface area contributed by atoms with E-state index in [1.165, 1.54) is 0 Å². The maximum absolute atomic E-state index is 12.5. The minimum absolute atomic E-state index is 0.0178. The molecule has 6 nitrogen and oxygen atoms in total. The van der Waals surface area contributed by atoms with E-state index in [9.17, 15) is 19.5 Å². The zero-order chi connectivity index (χ0) is 20.3. The number of aliphatic carboxylic acids is 1. The number of anilines is 1. The standard InChI is InChI=1S/C22H24N2O4/c1-14-6-5-8-17(15(14)2)21(22(27)28)23-19(25)12-13-24-18-9-4-3-7-16(18)10-11-20(24)26/h3-9,21H,10-13H2,1-2H3,(H,23,25)(H,27,28). The van der Waals surface area contributed by atoms with Crippen LogP contribution in [0, 0.1) is 13.8 Å². The lowest BCUT2D eigenvalue weighted by atomic mass is 9.97. The molecule has 28 heavy (non-hydrogen) atoms. The van der Waals surface area contributed by atoms with E-state index in [1.54, 1.807) is 17.0 Å². The molecule has 1 aliphatic rings. The number of benzene rings is 2. The molecule has 3 rings (SSSR count). The van der Waals surface area contributed by atoms with E-state index < -0.39 is 17.9 Å². The molecule has 2 aromatic carbocycles. The summed E-state index contributed by atoms with van der Waals surface area (Å²) in [5.74, 6) is -1.53. The Morgan fingerprint density at radius 1 is 1.11 bits per heavy atom. The van der Waals surface area contributed by atoms with Crippen LogP contribution in [-0.4, -0.2) is 29.4 Å². The Balaban J connectivity index is 1.70. The number of nitrogens with one attached hydrogen (secondary N) is 1. The SMILES string of the molecule is Cc1cccc(C(NC(=O)CCN2C(=O)CCc3ccccc32)C(=O)O)c1C. The zero-order valence-electron chi connectivity index (χ0n) is 16.1. The van der Waals surface area contributed by atoms with Crippen LogP contribution in [0.2, 0.25) is 0 Å². The smallest absolute Gasteiger partial charge is 0.330 e. The van der Waals surface area contributed by atoms with Gasteiger partial charge in [-0.3, -0.25) is 9.59 Å². The van der Waals surface area contributed by atoms with Gasteiger partial charge in [0.2, 0.25) is 11.8 Å². The highest BCUT2D eigenvalue weighted by Gasteiger charge is 2.27. The highest BCUT2D eigenvalue weighted by Crippen LogP contribution is 2.27. The number of hydrogen-bond acceptors (Lipinski definition) is 3. The van der Waals surface area contributed by atoms with Crippen LogP contribution in [0.1, 0.15) is 41.1 Å². The van der Waals surface area contributed by atoms with Crippen LogP contribution in [0.5, 0.6) is 0 Å². The Hall–Kier alpha value is -3.15. The van der Waals surface area contributed by atoms with Crippen molar-refractivity contribution in [1.29, 1.82) is 0 Å². The predicted octanol–water partition coefficient (Wildman–Crippen LogP) is 2.91. The van der Waals surface area contributed by atoms with Crippen LogP contribution < -0.4 is 10.2 Å². The van der Waals surface area contributed by atoms with Crippen molar-refractivity contribution in [2.75, 3.05) is 11.4 Å². The predicted molar refractivity (Wildman–Crippen MR) is 106 cm³/mol. The fraction of sp³-hybridized carbons (Fsp3) is 0.318. The first kappa shape index (κ1) is 19.6. The molecule has 0 aromatic heterocycles. The van der Waals surface area contributed by atoms with Gasteiger partial charge in [-0.1, -0.05) is 36.4 Å². The van der Waals surface area contributed by atoms with Gasteiger partial charge in [0.25, 0.3) is 0 Å². The number of fused-ring (bicyclic) bond motifs is 1. The molecule has 0 radical (unpaired) electrons. The van der Waals surface area contributed by atoms with E-state index in [1.807, 2.05) is 44.2 Å². The van der Waals surface area contributed by atoms with Gasteiger partial charge in [0.1, 0.15) is 0 Å². The zero-order valence-corrected chi connectivity index (χ0v) is 16.1. The largest absolute Gasteiger partial charge is 0.479 e. The lowest BCUT2D eigenvalue weighted by Gasteiger charge is -2.29. The number of carboxylic acid groups (broad SMARTS) is 1. The maximum Gasteiger partial charge on any atom is 0.330 e. The van der Waals surface area contributed by atoms with Crippen LogP contribution in [0.25, 0.3) is 0 Å². The van der Waals surface area contributed by atoms with Gasteiger partial charge < -0.3 is 15.3 Å². The molecule has 1 aliphatic heterocycles. The Bertz CT molecular complexity index is 923. The highest BCUT2D eigenvalue weighted by atomic mass is 16.4. The molecule has 0 bridgehead atoms. The topological polar surface area (TPSA) is 86.7 Å². The molecule has 2 N–H and O–H groups in total. The minimum atomic E-state index is -1.11. The van der Waals surface area contributed by atoms with E-state index in [0.717, 1.165) is 22.4 Å². The van der Waals surface area contributed by atoms with Gasteiger partial charge in [0.15, 0.2) is 6.04 Å². The van der Waals surface area contributed by atoms with Gasteiger partial charge in [-0.2, -0.15) is 0 Å². The molecule has 0 aliphatic carbocycles. The number of aryl methyl sites for hydroxylation is 2. The first-order chi connectivity index (χ1) is 13.4.